The van der Waals surface area contributed by atoms with Crippen LogP contribution < -0.4 is 15.5 Å². The molecule has 1 aliphatic heterocycles. The number of nitrogens with one attached hydrogen (secondary N) is 1. The number of benzene rings is 1. The first-order chi connectivity index (χ1) is 6.27. The van der Waals surface area contributed by atoms with Gasteiger partial charge in [-0.25, -0.2) is 0 Å². The van der Waals surface area contributed by atoms with E-state index in [0.29, 0.717) is 17.1 Å². The predicted molar refractivity (Wildman–Crippen MR) is 57.0 cm³/mol. The van der Waals surface area contributed by atoms with Crippen LogP contribution in [0.4, 0.5) is 0 Å². The van der Waals surface area contributed by atoms with Crippen molar-refractivity contribution in [2.45, 2.75) is 0 Å². The Balaban J connectivity index is 2.49. The third kappa shape index (κ3) is 1.67. The first-order valence-corrected chi connectivity index (χ1v) is 4.49. The zero-order valence-corrected chi connectivity index (χ0v) is 7.86. The van der Waals surface area contributed by atoms with Crippen LogP contribution in [-0.4, -0.2) is 26.0 Å². The van der Waals surface area contributed by atoms with Gasteiger partial charge in [-0.05, 0) is 6.07 Å². The number of thiocarbonyl (C=S) groups is 1. The van der Waals surface area contributed by atoms with Crippen LogP contribution in [0.2, 0.25) is 0 Å². The standard InChI is InChI=1S/C9H8BNOS/c10-6-1-2-8-7(5-6)9(13)11-3-4-12-8/h1-2,5H,3-4H2,(H,11,13). The van der Waals surface area contributed by atoms with Gasteiger partial charge in [0, 0.05) is 6.54 Å². The summed E-state index contributed by atoms with van der Waals surface area (Å²) in [5, 5.41) is 3.08. The number of fused-ring (bicyclic) bond motifs is 1. The zero-order chi connectivity index (χ0) is 9.26. The highest BCUT2D eigenvalue weighted by Crippen LogP contribution is 2.18. The molecule has 0 aliphatic carbocycles. The lowest BCUT2D eigenvalue weighted by Crippen LogP contribution is -2.24. The second kappa shape index (κ2) is 3.38. The molecule has 0 amide bonds. The fourth-order valence-corrected chi connectivity index (χ4v) is 1.53. The van der Waals surface area contributed by atoms with Crippen molar-refractivity contribution in [3.63, 3.8) is 0 Å². The Hall–Kier alpha value is -1.03. The smallest absolute Gasteiger partial charge is 0.129 e. The highest BCUT2D eigenvalue weighted by molar-refractivity contribution is 7.80. The van der Waals surface area contributed by atoms with Crippen LogP contribution in [0.15, 0.2) is 18.2 Å². The van der Waals surface area contributed by atoms with Gasteiger partial charge in [-0.1, -0.05) is 29.8 Å². The SMILES string of the molecule is [B]c1ccc2c(c1)C(=S)NCCO2. The molecule has 1 aliphatic rings. The summed E-state index contributed by atoms with van der Waals surface area (Å²) in [7, 11) is 5.65. The summed E-state index contributed by atoms with van der Waals surface area (Å²) in [6, 6.07) is 5.49. The molecule has 1 N–H and O–H groups in total. The summed E-state index contributed by atoms with van der Waals surface area (Å²) >= 11 is 5.16. The molecule has 0 spiro atoms. The second-order valence-corrected chi connectivity index (χ2v) is 3.27. The molecule has 0 bridgehead atoms. The minimum Gasteiger partial charge on any atom is -0.491 e. The van der Waals surface area contributed by atoms with E-state index < -0.39 is 0 Å². The van der Waals surface area contributed by atoms with E-state index >= 15 is 0 Å². The van der Waals surface area contributed by atoms with Crippen LogP contribution in [0.1, 0.15) is 5.56 Å². The topological polar surface area (TPSA) is 21.3 Å². The zero-order valence-electron chi connectivity index (χ0n) is 7.04. The van der Waals surface area contributed by atoms with E-state index in [2.05, 4.69) is 5.32 Å². The van der Waals surface area contributed by atoms with Gasteiger partial charge in [0.2, 0.25) is 0 Å². The Bertz CT molecular complexity index is 353. The van der Waals surface area contributed by atoms with Crippen LogP contribution in [-0.2, 0) is 0 Å². The van der Waals surface area contributed by atoms with Gasteiger partial charge in [0.25, 0.3) is 0 Å². The second-order valence-electron chi connectivity index (χ2n) is 2.86. The van der Waals surface area contributed by atoms with E-state index in [-0.39, 0.29) is 0 Å². The number of hydrogen-bond donors (Lipinski definition) is 1. The van der Waals surface area contributed by atoms with Crippen LogP contribution in [0.3, 0.4) is 0 Å². The Morgan fingerprint density at radius 2 is 2.31 bits per heavy atom. The molecule has 2 rings (SSSR count). The highest BCUT2D eigenvalue weighted by atomic mass is 32.1. The lowest BCUT2D eigenvalue weighted by Gasteiger charge is -2.06. The van der Waals surface area contributed by atoms with Crippen LogP contribution in [0.25, 0.3) is 0 Å². The predicted octanol–water partition coefficient (Wildman–Crippen LogP) is 0.138. The quantitative estimate of drug-likeness (QED) is 0.463. The van der Waals surface area contributed by atoms with E-state index in [4.69, 9.17) is 24.8 Å². The fraction of sp³-hybridized carbons (Fsp3) is 0.222. The van der Waals surface area contributed by atoms with Gasteiger partial charge < -0.3 is 10.1 Å². The van der Waals surface area contributed by atoms with Crippen LogP contribution >= 0.6 is 12.2 Å². The van der Waals surface area contributed by atoms with Crippen molar-refractivity contribution >= 4 is 30.5 Å². The molecule has 0 fully saturated rings. The molecule has 0 aromatic heterocycles. The van der Waals surface area contributed by atoms with Crippen molar-refractivity contribution in [2.75, 3.05) is 13.2 Å². The molecule has 13 heavy (non-hydrogen) atoms. The number of ether oxygens (including phenoxy) is 1. The lowest BCUT2D eigenvalue weighted by atomic mass is 9.94. The van der Waals surface area contributed by atoms with Gasteiger partial charge in [0.15, 0.2) is 0 Å². The molecule has 2 radical (unpaired) electrons. The number of hydrogen-bond acceptors (Lipinski definition) is 2. The molecule has 1 aromatic rings. The van der Waals surface area contributed by atoms with Crippen LogP contribution in [0, 0.1) is 0 Å². The van der Waals surface area contributed by atoms with Gasteiger partial charge >= 0.3 is 0 Å². The maximum Gasteiger partial charge on any atom is 0.129 e. The first kappa shape index (κ1) is 8.57. The average Bonchev–Trinajstić information content (AvgIpc) is 2.29. The molecular formula is C9H8BNOS. The monoisotopic (exact) mass is 189 g/mol. The minimum atomic E-state index is 0.636. The largest absolute Gasteiger partial charge is 0.491 e. The highest BCUT2D eigenvalue weighted by Gasteiger charge is 2.11. The summed E-state index contributed by atoms with van der Waals surface area (Å²) < 4.78 is 5.47. The molecule has 2 nitrogen and oxygen atoms in total. The molecule has 1 heterocycles. The van der Waals surface area contributed by atoms with Crippen LogP contribution in [0.5, 0.6) is 5.75 Å². The lowest BCUT2D eigenvalue weighted by molar-refractivity contribution is 0.327. The Labute approximate surface area is 83.7 Å². The Kier molecular flexibility index (Phi) is 2.23. The van der Waals surface area contributed by atoms with E-state index in [1.54, 1.807) is 0 Å². The van der Waals surface area contributed by atoms with E-state index in [1.165, 1.54) is 0 Å². The van der Waals surface area contributed by atoms with Crippen molar-refractivity contribution in [3.8, 4) is 5.75 Å². The molecule has 4 heteroatoms. The number of rotatable bonds is 0. The summed E-state index contributed by atoms with van der Waals surface area (Å²) in [5.74, 6) is 0.809. The Morgan fingerprint density at radius 1 is 1.46 bits per heavy atom. The van der Waals surface area contributed by atoms with E-state index in [1.807, 2.05) is 18.2 Å². The van der Waals surface area contributed by atoms with Gasteiger partial charge in [-0.3, -0.25) is 0 Å². The molecule has 64 valence electrons. The van der Waals surface area contributed by atoms with E-state index in [0.717, 1.165) is 17.9 Å². The summed E-state index contributed by atoms with van der Waals surface area (Å²) in [5.41, 5.74) is 1.58. The molecule has 0 unspecified atom stereocenters. The normalized spacial score (nSPS) is 15.2. The molecule has 0 atom stereocenters. The van der Waals surface area contributed by atoms with Crippen molar-refractivity contribution in [3.05, 3.63) is 23.8 Å². The van der Waals surface area contributed by atoms with Gasteiger partial charge in [0.05, 0.1) is 5.56 Å². The third-order valence-corrected chi connectivity index (χ3v) is 2.26. The van der Waals surface area contributed by atoms with Crippen molar-refractivity contribution in [1.82, 2.24) is 5.32 Å². The maximum absolute atomic E-state index is 5.65. The van der Waals surface area contributed by atoms with E-state index in [9.17, 15) is 0 Å². The average molecular weight is 189 g/mol. The molecular weight excluding hydrogens is 181 g/mol. The van der Waals surface area contributed by atoms with Gasteiger partial charge in [-0.15, -0.1) is 0 Å². The summed E-state index contributed by atoms with van der Waals surface area (Å²) in [6.07, 6.45) is 0. The fourth-order valence-electron chi connectivity index (χ4n) is 1.27. The van der Waals surface area contributed by atoms with Crippen molar-refractivity contribution in [2.24, 2.45) is 0 Å². The van der Waals surface area contributed by atoms with Crippen molar-refractivity contribution < 1.29 is 4.74 Å². The Morgan fingerprint density at radius 3 is 3.15 bits per heavy atom. The maximum atomic E-state index is 5.65. The molecule has 1 aromatic carbocycles. The molecule has 0 saturated carbocycles. The summed E-state index contributed by atoms with van der Waals surface area (Å²) in [6.45, 7) is 1.38. The third-order valence-electron chi connectivity index (χ3n) is 1.89. The summed E-state index contributed by atoms with van der Waals surface area (Å²) in [4.78, 5) is 0.708. The minimum absolute atomic E-state index is 0.636. The molecule has 0 saturated heterocycles. The first-order valence-electron chi connectivity index (χ1n) is 4.08. The van der Waals surface area contributed by atoms with Gasteiger partial charge in [0.1, 0.15) is 25.2 Å². The van der Waals surface area contributed by atoms with Gasteiger partial charge in [-0.2, -0.15) is 0 Å². The van der Waals surface area contributed by atoms with Crippen molar-refractivity contribution in [1.29, 1.82) is 0 Å².